The number of alkyl halides is 3. The Kier molecular flexibility index (Phi) is 5.81. The highest BCUT2D eigenvalue weighted by molar-refractivity contribution is 6.00. The van der Waals surface area contributed by atoms with Crippen molar-refractivity contribution in [2.75, 3.05) is 14.2 Å². The molecule has 11 heteroatoms. The van der Waals surface area contributed by atoms with Gasteiger partial charge >= 0.3 is 12.2 Å². The van der Waals surface area contributed by atoms with Gasteiger partial charge in [0.2, 0.25) is 5.72 Å². The van der Waals surface area contributed by atoms with E-state index in [0.717, 1.165) is 24.3 Å². The van der Waals surface area contributed by atoms with Crippen molar-refractivity contribution in [3.8, 4) is 11.5 Å². The number of nitrogens with one attached hydrogen (secondary N) is 2. The topological polar surface area (TPSA) is 96.9 Å². The summed E-state index contributed by atoms with van der Waals surface area (Å²) in [6.45, 7) is 0. The molecule has 0 bridgehead atoms. The molecule has 0 aromatic heterocycles. The van der Waals surface area contributed by atoms with Crippen LogP contribution in [0.4, 0.5) is 22.4 Å². The Labute approximate surface area is 174 Å². The largest absolute Gasteiger partial charge is 0.493 e. The predicted molar refractivity (Wildman–Crippen MR) is 99.2 cm³/mol. The summed E-state index contributed by atoms with van der Waals surface area (Å²) in [6, 6.07) is 4.87. The van der Waals surface area contributed by atoms with Gasteiger partial charge in [-0.3, -0.25) is 4.79 Å². The Bertz CT molecular complexity index is 996. The number of carbonyl (C=O) groups excluding carboxylic acids is 2. The number of urea groups is 1. The van der Waals surface area contributed by atoms with Gasteiger partial charge < -0.3 is 25.2 Å². The highest BCUT2D eigenvalue weighted by atomic mass is 19.4. The summed E-state index contributed by atoms with van der Waals surface area (Å²) in [5, 5.41) is 14.2. The number of aliphatic hydroxyl groups is 1. The van der Waals surface area contributed by atoms with Crippen molar-refractivity contribution in [2.24, 2.45) is 5.92 Å². The lowest BCUT2D eigenvalue weighted by Gasteiger charge is -2.45. The van der Waals surface area contributed by atoms with Gasteiger partial charge in [0.25, 0.3) is 0 Å². The summed E-state index contributed by atoms with van der Waals surface area (Å²) in [6.07, 6.45) is -5.40. The number of ketones is 1. The lowest BCUT2D eigenvalue weighted by molar-refractivity contribution is -0.287. The van der Waals surface area contributed by atoms with E-state index < -0.39 is 41.5 Å². The summed E-state index contributed by atoms with van der Waals surface area (Å²) in [4.78, 5) is 25.1. The first kappa shape index (κ1) is 22.3. The standard InChI is InChI=1S/C20H18F4N2O5/c1-30-13-8-5-11(9-14(13)31-2)16-15(17(27)10-3-6-12(21)7-4-10)19(29,20(22,23)24)26-18(28)25-16/h3-9,15-16,29H,1-2H3,(H2,25,26,28). The van der Waals surface area contributed by atoms with Crippen molar-refractivity contribution in [2.45, 2.75) is 17.9 Å². The normalized spacial score (nSPS) is 23.5. The average molecular weight is 442 g/mol. The highest BCUT2D eigenvalue weighted by Crippen LogP contribution is 2.45. The van der Waals surface area contributed by atoms with Crippen molar-refractivity contribution < 1.29 is 41.7 Å². The van der Waals surface area contributed by atoms with Crippen molar-refractivity contribution in [1.29, 1.82) is 0 Å². The van der Waals surface area contributed by atoms with Crippen LogP contribution in [-0.4, -0.2) is 43.0 Å². The van der Waals surface area contributed by atoms with E-state index in [1.807, 2.05) is 0 Å². The van der Waals surface area contributed by atoms with Gasteiger partial charge in [-0.1, -0.05) is 6.07 Å². The van der Waals surface area contributed by atoms with Gasteiger partial charge in [-0.2, -0.15) is 13.2 Å². The van der Waals surface area contributed by atoms with E-state index >= 15 is 0 Å². The van der Waals surface area contributed by atoms with Crippen LogP contribution in [-0.2, 0) is 0 Å². The fourth-order valence-electron chi connectivity index (χ4n) is 3.46. The summed E-state index contributed by atoms with van der Waals surface area (Å²) in [5.74, 6) is -3.70. The van der Waals surface area contributed by atoms with Crippen molar-refractivity contribution in [3.05, 3.63) is 59.4 Å². The number of halogens is 4. The summed E-state index contributed by atoms with van der Waals surface area (Å²) in [7, 11) is 2.66. The second-order valence-electron chi connectivity index (χ2n) is 6.80. The molecule has 3 rings (SSSR count). The average Bonchev–Trinajstić information content (AvgIpc) is 2.72. The number of Topliss-reactive ketones (excluding diaryl/α,β-unsaturated/α-hetero) is 1. The monoisotopic (exact) mass is 442 g/mol. The van der Waals surface area contributed by atoms with Crippen LogP contribution in [0, 0.1) is 11.7 Å². The molecule has 3 atom stereocenters. The molecular formula is C20H18F4N2O5. The summed E-state index contributed by atoms with van der Waals surface area (Å²) in [5.41, 5.74) is -4.12. The number of ether oxygens (including phenoxy) is 2. The van der Waals surface area contributed by atoms with Gasteiger partial charge in [0.15, 0.2) is 17.3 Å². The van der Waals surface area contributed by atoms with Crippen molar-refractivity contribution >= 4 is 11.8 Å². The molecule has 1 fully saturated rings. The quantitative estimate of drug-likeness (QED) is 0.489. The van der Waals surface area contributed by atoms with Crippen molar-refractivity contribution in [1.82, 2.24) is 10.6 Å². The van der Waals surface area contributed by atoms with Gasteiger partial charge in [0, 0.05) is 5.56 Å². The molecule has 0 saturated carbocycles. The number of hydrogen-bond acceptors (Lipinski definition) is 5. The Morgan fingerprint density at radius 3 is 2.23 bits per heavy atom. The second kappa shape index (κ2) is 8.06. The van der Waals surface area contributed by atoms with E-state index in [0.29, 0.717) is 0 Å². The van der Waals surface area contributed by atoms with E-state index in [1.54, 1.807) is 0 Å². The molecule has 7 nitrogen and oxygen atoms in total. The van der Waals surface area contributed by atoms with E-state index in [2.05, 4.69) is 5.32 Å². The zero-order valence-corrected chi connectivity index (χ0v) is 16.3. The summed E-state index contributed by atoms with van der Waals surface area (Å²) < 4.78 is 65.2. The maximum atomic E-state index is 13.9. The lowest BCUT2D eigenvalue weighted by atomic mass is 9.77. The first-order valence-electron chi connectivity index (χ1n) is 8.91. The van der Waals surface area contributed by atoms with Crippen LogP contribution in [0.15, 0.2) is 42.5 Å². The molecular weight excluding hydrogens is 424 g/mol. The Balaban J connectivity index is 2.18. The van der Waals surface area contributed by atoms with Crippen molar-refractivity contribution in [3.63, 3.8) is 0 Å². The van der Waals surface area contributed by atoms with Crippen LogP contribution in [0.2, 0.25) is 0 Å². The van der Waals surface area contributed by atoms with Gasteiger partial charge in [-0.15, -0.1) is 0 Å². The SMILES string of the molecule is COc1ccc(C2NC(=O)NC(O)(C(F)(F)F)C2C(=O)c2ccc(F)cc2)cc1OC. The van der Waals surface area contributed by atoms with Crippen LogP contribution < -0.4 is 20.1 Å². The number of amides is 2. The van der Waals surface area contributed by atoms with Crippen LogP contribution in [0.5, 0.6) is 11.5 Å². The third-order valence-electron chi connectivity index (χ3n) is 4.98. The molecule has 2 aromatic carbocycles. The molecule has 2 amide bonds. The van der Waals surface area contributed by atoms with Crippen LogP contribution >= 0.6 is 0 Å². The van der Waals surface area contributed by atoms with E-state index in [4.69, 9.17) is 9.47 Å². The first-order chi connectivity index (χ1) is 14.5. The third-order valence-corrected chi connectivity index (χ3v) is 4.98. The Hall–Kier alpha value is -3.34. The van der Waals surface area contributed by atoms with Gasteiger partial charge in [-0.05, 0) is 42.0 Å². The minimum absolute atomic E-state index is 0.0515. The van der Waals surface area contributed by atoms with E-state index in [1.165, 1.54) is 37.7 Å². The van der Waals surface area contributed by atoms with Gasteiger partial charge in [0.05, 0.1) is 20.3 Å². The Morgan fingerprint density at radius 1 is 1.06 bits per heavy atom. The summed E-state index contributed by atoms with van der Waals surface area (Å²) >= 11 is 0. The minimum Gasteiger partial charge on any atom is -0.493 e. The number of rotatable bonds is 5. The molecule has 3 unspecified atom stereocenters. The number of benzene rings is 2. The smallest absolute Gasteiger partial charge is 0.437 e. The minimum atomic E-state index is -5.40. The molecule has 1 aliphatic rings. The lowest BCUT2D eigenvalue weighted by Crippen LogP contribution is -2.72. The second-order valence-corrected chi connectivity index (χ2v) is 6.80. The number of methoxy groups -OCH3 is 2. The van der Waals surface area contributed by atoms with Crippen LogP contribution in [0.25, 0.3) is 0 Å². The van der Waals surface area contributed by atoms with Gasteiger partial charge in [0.1, 0.15) is 11.7 Å². The van der Waals surface area contributed by atoms with E-state index in [-0.39, 0.29) is 22.6 Å². The maximum Gasteiger partial charge on any atom is 0.437 e. The zero-order chi connectivity index (χ0) is 23.0. The molecule has 1 aliphatic heterocycles. The maximum absolute atomic E-state index is 13.9. The molecule has 0 spiro atoms. The van der Waals surface area contributed by atoms with Gasteiger partial charge in [-0.25, -0.2) is 9.18 Å². The zero-order valence-electron chi connectivity index (χ0n) is 16.3. The molecule has 31 heavy (non-hydrogen) atoms. The van der Waals surface area contributed by atoms with Crippen LogP contribution in [0.3, 0.4) is 0 Å². The Morgan fingerprint density at radius 2 is 1.68 bits per heavy atom. The number of carbonyl (C=O) groups is 2. The molecule has 166 valence electrons. The fraction of sp³-hybridized carbons (Fsp3) is 0.300. The molecule has 0 aliphatic carbocycles. The molecule has 2 aromatic rings. The highest BCUT2D eigenvalue weighted by Gasteiger charge is 2.66. The first-order valence-corrected chi connectivity index (χ1v) is 8.91. The molecule has 0 radical (unpaired) electrons. The van der Waals surface area contributed by atoms with Crippen LogP contribution in [0.1, 0.15) is 22.0 Å². The third kappa shape index (κ3) is 4.00. The predicted octanol–water partition coefficient (Wildman–Crippen LogP) is 2.95. The fourth-order valence-corrected chi connectivity index (χ4v) is 3.46. The molecule has 1 heterocycles. The molecule has 3 N–H and O–H groups in total. The molecule has 1 saturated heterocycles. The number of hydrogen-bond donors (Lipinski definition) is 3. The van der Waals surface area contributed by atoms with E-state index in [9.17, 15) is 32.3 Å².